The number of rotatable bonds is 3. The second kappa shape index (κ2) is 3.95. The van der Waals surface area contributed by atoms with Gasteiger partial charge in [-0.2, -0.15) is 35.1 Å². The molecule has 16 heavy (non-hydrogen) atoms. The third-order valence-corrected chi connectivity index (χ3v) is 1.35. The van der Waals surface area contributed by atoms with Crippen LogP contribution >= 0.6 is 0 Å². The number of hydrogen-bond acceptors (Lipinski definition) is 0. The maximum atomic E-state index is 12.2. The minimum Gasteiger partial charge on any atom is -0.206 e. The molecule has 0 saturated heterocycles. The van der Waals surface area contributed by atoms with Gasteiger partial charge >= 0.3 is 18.3 Å². The molecule has 0 aromatic carbocycles. The van der Waals surface area contributed by atoms with Crippen LogP contribution in [0.2, 0.25) is 0 Å². The van der Waals surface area contributed by atoms with E-state index in [1.54, 1.807) is 0 Å². The van der Waals surface area contributed by atoms with Gasteiger partial charge in [-0.3, -0.25) is 0 Å². The van der Waals surface area contributed by atoms with Crippen molar-refractivity contribution in [1.82, 2.24) is 0 Å². The molecule has 0 heterocycles. The van der Waals surface area contributed by atoms with E-state index in [0.717, 1.165) is 0 Å². The molecule has 10 heteroatoms. The Morgan fingerprint density at radius 3 is 1.19 bits per heavy atom. The summed E-state index contributed by atoms with van der Waals surface area (Å²) in [5, 5.41) is 0. The molecule has 0 aliphatic heterocycles. The van der Waals surface area contributed by atoms with E-state index in [1.807, 2.05) is 0 Å². The Morgan fingerprint density at radius 1 is 0.562 bits per heavy atom. The summed E-state index contributed by atoms with van der Waals surface area (Å²) in [6.45, 7) is 0. The highest BCUT2D eigenvalue weighted by Gasteiger charge is 2.63. The van der Waals surface area contributed by atoms with Gasteiger partial charge < -0.3 is 0 Å². The van der Waals surface area contributed by atoms with Crippen molar-refractivity contribution in [3.8, 4) is 0 Å². The summed E-state index contributed by atoms with van der Waals surface area (Å²) in [6.07, 6.45) is -18.1. The molecule has 0 bridgehead atoms. The monoisotopic (exact) mass is 266 g/mol. The van der Waals surface area contributed by atoms with Crippen molar-refractivity contribution in [2.45, 2.75) is 37.0 Å². The smallest absolute Gasteiger partial charge is 0.206 e. The van der Waals surface area contributed by atoms with Crippen LogP contribution in [0.5, 0.6) is 0 Å². The maximum absolute atomic E-state index is 12.2. The first-order chi connectivity index (χ1) is 6.66. The SMILES string of the molecule is FC(F)(F)CC(F)(F)CC(F)(F)C(F)(F)F. The summed E-state index contributed by atoms with van der Waals surface area (Å²) in [7, 11) is 0. The van der Waals surface area contributed by atoms with E-state index in [9.17, 15) is 43.9 Å². The zero-order chi connectivity index (χ0) is 13.4. The lowest BCUT2D eigenvalue weighted by Gasteiger charge is -2.25. The molecule has 0 aliphatic carbocycles. The molecule has 0 N–H and O–H groups in total. The Kier molecular flexibility index (Phi) is 3.78. The fourth-order valence-corrected chi connectivity index (χ4v) is 0.781. The standard InChI is InChI=1S/C6H4F10/c7-3(8,2-5(11,12)13)1-4(9,10)6(14,15)16/h1-2H2. The molecule has 0 aromatic heterocycles. The highest BCUT2D eigenvalue weighted by molar-refractivity contribution is 4.84. The van der Waals surface area contributed by atoms with Crippen LogP contribution in [0.25, 0.3) is 0 Å². The third kappa shape index (κ3) is 4.88. The van der Waals surface area contributed by atoms with E-state index >= 15 is 0 Å². The van der Waals surface area contributed by atoms with Gasteiger partial charge in [-0.25, -0.2) is 8.78 Å². The summed E-state index contributed by atoms with van der Waals surface area (Å²) in [5.41, 5.74) is 0. The molecule has 0 amide bonds. The van der Waals surface area contributed by atoms with Crippen LogP contribution in [0.1, 0.15) is 12.8 Å². The quantitative estimate of drug-likeness (QED) is 0.673. The Labute approximate surface area is 82.2 Å². The largest absolute Gasteiger partial charge is 0.453 e. The minimum atomic E-state index is -6.30. The highest BCUT2D eigenvalue weighted by Crippen LogP contribution is 2.45. The molecule has 0 fully saturated rings. The van der Waals surface area contributed by atoms with Crippen LogP contribution in [-0.2, 0) is 0 Å². The van der Waals surface area contributed by atoms with E-state index in [-0.39, 0.29) is 0 Å². The number of hydrogen-bond donors (Lipinski definition) is 0. The summed E-state index contributed by atoms with van der Waals surface area (Å²) in [5.74, 6) is -11.0. The van der Waals surface area contributed by atoms with E-state index in [1.165, 1.54) is 0 Å². The van der Waals surface area contributed by atoms with Crippen molar-refractivity contribution in [2.75, 3.05) is 0 Å². The van der Waals surface area contributed by atoms with Gasteiger partial charge in [-0.05, 0) is 0 Å². The molecular weight excluding hydrogens is 262 g/mol. The lowest BCUT2D eigenvalue weighted by atomic mass is 10.1. The Hall–Kier alpha value is -0.700. The van der Waals surface area contributed by atoms with E-state index in [0.29, 0.717) is 0 Å². The molecule has 0 radical (unpaired) electrons. The molecular formula is C6H4F10. The van der Waals surface area contributed by atoms with Gasteiger partial charge in [0.05, 0.1) is 6.42 Å². The van der Waals surface area contributed by atoms with Gasteiger partial charge in [0.2, 0.25) is 0 Å². The van der Waals surface area contributed by atoms with Crippen LogP contribution in [0, 0.1) is 0 Å². The second-order valence-electron chi connectivity index (χ2n) is 3.03. The van der Waals surface area contributed by atoms with Crippen molar-refractivity contribution in [1.29, 1.82) is 0 Å². The Balaban J connectivity index is 4.72. The van der Waals surface area contributed by atoms with Crippen molar-refractivity contribution >= 4 is 0 Å². The van der Waals surface area contributed by atoms with E-state index in [4.69, 9.17) is 0 Å². The van der Waals surface area contributed by atoms with Gasteiger partial charge in [0.25, 0.3) is 5.92 Å². The van der Waals surface area contributed by atoms with Gasteiger partial charge in [0.1, 0.15) is 6.42 Å². The Morgan fingerprint density at radius 2 is 0.938 bits per heavy atom. The molecule has 0 spiro atoms. The molecule has 0 rings (SSSR count). The summed E-state index contributed by atoms with van der Waals surface area (Å²) >= 11 is 0. The van der Waals surface area contributed by atoms with Crippen molar-refractivity contribution in [2.24, 2.45) is 0 Å². The minimum absolute atomic E-state index is 3.02. The van der Waals surface area contributed by atoms with Crippen molar-refractivity contribution < 1.29 is 43.9 Å². The van der Waals surface area contributed by atoms with Crippen LogP contribution in [0.4, 0.5) is 43.9 Å². The molecule has 0 nitrogen and oxygen atoms in total. The maximum Gasteiger partial charge on any atom is 0.453 e. The van der Waals surface area contributed by atoms with E-state index < -0.39 is 37.0 Å². The first kappa shape index (κ1) is 15.3. The van der Waals surface area contributed by atoms with E-state index in [2.05, 4.69) is 0 Å². The van der Waals surface area contributed by atoms with Gasteiger partial charge in [0.15, 0.2) is 0 Å². The lowest BCUT2D eigenvalue weighted by Crippen LogP contribution is -2.43. The fourth-order valence-electron chi connectivity index (χ4n) is 0.781. The van der Waals surface area contributed by atoms with Crippen molar-refractivity contribution in [3.63, 3.8) is 0 Å². The fraction of sp³-hybridized carbons (Fsp3) is 1.00. The van der Waals surface area contributed by atoms with Gasteiger partial charge in [-0.1, -0.05) is 0 Å². The summed E-state index contributed by atoms with van der Waals surface area (Å²) in [6, 6.07) is 0. The highest BCUT2D eigenvalue weighted by atomic mass is 19.4. The second-order valence-corrected chi connectivity index (χ2v) is 3.03. The van der Waals surface area contributed by atoms with Crippen LogP contribution < -0.4 is 0 Å². The summed E-state index contributed by atoms with van der Waals surface area (Å²) < 4.78 is 117. The van der Waals surface area contributed by atoms with Gasteiger partial charge in [-0.15, -0.1) is 0 Å². The Bertz CT molecular complexity index is 233. The summed E-state index contributed by atoms with van der Waals surface area (Å²) in [4.78, 5) is 0. The normalized spacial score (nSPS) is 15.4. The first-order valence-electron chi connectivity index (χ1n) is 3.55. The molecule has 0 atom stereocenters. The zero-order valence-corrected chi connectivity index (χ0v) is 7.19. The number of halogens is 10. The predicted octanol–water partition coefficient (Wildman–Crippen LogP) is 4.16. The molecule has 0 unspecified atom stereocenters. The zero-order valence-electron chi connectivity index (χ0n) is 7.19. The first-order valence-corrected chi connectivity index (χ1v) is 3.55. The molecule has 0 aliphatic rings. The molecule has 0 aromatic rings. The molecule has 0 saturated carbocycles. The average Bonchev–Trinajstić information content (AvgIpc) is 1.72. The average molecular weight is 266 g/mol. The molecule has 98 valence electrons. The van der Waals surface area contributed by atoms with Crippen LogP contribution in [-0.4, -0.2) is 24.2 Å². The number of alkyl halides is 10. The van der Waals surface area contributed by atoms with Crippen LogP contribution in [0.3, 0.4) is 0 Å². The lowest BCUT2D eigenvalue weighted by molar-refractivity contribution is -0.307. The van der Waals surface area contributed by atoms with Gasteiger partial charge in [0, 0.05) is 0 Å². The van der Waals surface area contributed by atoms with Crippen molar-refractivity contribution in [3.05, 3.63) is 0 Å². The predicted molar refractivity (Wildman–Crippen MR) is 31.2 cm³/mol. The van der Waals surface area contributed by atoms with Crippen LogP contribution in [0.15, 0.2) is 0 Å². The topological polar surface area (TPSA) is 0 Å². The third-order valence-electron chi connectivity index (χ3n) is 1.35.